The van der Waals surface area contributed by atoms with Crippen molar-refractivity contribution in [1.82, 2.24) is 4.90 Å². The fourth-order valence-electron chi connectivity index (χ4n) is 2.87. The number of carbonyl (C=O) groups is 1. The van der Waals surface area contributed by atoms with Crippen molar-refractivity contribution in [2.45, 2.75) is 20.5 Å². The molecular weight excluding hydrogens is 391 g/mol. The maximum absolute atomic E-state index is 13.3. The number of hydrogen-bond donors (Lipinski definition) is 0. The number of benzene rings is 2. The highest BCUT2D eigenvalue weighted by Crippen LogP contribution is 2.34. The number of rotatable bonds is 7. The van der Waals surface area contributed by atoms with E-state index >= 15 is 0 Å². The molecule has 0 saturated carbocycles. The molecule has 1 saturated heterocycles. The van der Waals surface area contributed by atoms with E-state index in [0.717, 1.165) is 16.3 Å². The third kappa shape index (κ3) is 4.98. The zero-order valence-corrected chi connectivity index (χ0v) is 17.5. The zero-order chi connectivity index (χ0) is 20.8. The van der Waals surface area contributed by atoms with Gasteiger partial charge in [0.25, 0.3) is 5.91 Å². The van der Waals surface area contributed by atoms with Gasteiger partial charge in [-0.3, -0.25) is 14.7 Å². The van der Waals surface area contributed by atoms with Gasteiger partial charge in [-0.05, 0) is 67.1 Å². The predicted molar refractivity (Wildman–Crippen MR) is 115 cm³/mol. The number of thioether (sulfide) groups is 1. The maximum atomic E-state index is 13.3. The highest BCUT2D eigenvalue weighted by Gasteiger charge is 2.31. The largest absolute Gasteiger partial charge is 0.493 e. The molecule has 29 heavy (non-hydrogen) atoms. The summed E-state index contributed by atoms with van der Waals surface area (Å²) in [4.78, 5) is 19.3. The van der Waals surface area contributed by atoms with Gasteiger partial charge >= 0.3 is 0 Å². The summed E-state index contributed by atoms with van der Waals surface area (Å²) >= 11 is 1.38. The van der Waals surface area contributed by atoms with E-state index in [1.807, 2.05) is 32.1 Å². The highest BCUT2D eigenvalue weighted by atomic mass is 32.2. The van der Waals surface area contributed by atoms with E-state index in [9.17, 15) is 9.18 Å². The Morgan fingerprint density at radius 1 is 1.17 bits per heavy atom. The third-order valence-corrected chi connectivity index (χ3v) is 5.31. The normalized spacial score (nSPS) is 16.7. The Hall–Kier alpha value is -2.80. The van der Waals surface area contributed by atoms with Crippen LogP contribution in [0.3, 0.4) is 0 Å². The lowest BCUT2D eigenvalue weighted by Gasteiger charge is -2.12. The smallest absolute Gasteiger partial charge is 0.266 e. The second-order valence-electron chi connectivity index (χ2n) is 6.25. The van der Waals surface area contributed by atoms with Crippen LogP contribution in [-0.4, -0.2) is 36.2 Å². The number of hydrogen-bond acceptors (Lipinski definition) is 5. The zero-order valence-electron chi connectivity index (χ0n) is 16.6. The Morgan fingerprint density at radius 2 is 2.00 bits per heavy atom. The second-order valence-corrected chi connectivity index (χ2v) is 7.25. The third-order valence-electron chi connectivity index (χ3n) is 4.27. The van der Waals surface area contributed by atoms with Crippen LogP contribution in [0.15, 0.2) is 52.4 Å². The first-order valence-corrected chi connectivity index (χ1v) is 10.2. The Balaban J connectivity index is 1.79. The standard InChI is InChI=1S/C22H23FN2O3S/c1-4-24-22-25(5-2)21(26)20(29-22)13-15-9-10-18(19(12-15)27-3)28-14-16-7-6-8-17(23)11-16/h6-13H,4-5,14H2,1-3H3/b20-13-,24-22?. The molecule has 0 aromatic heterocycles. The molecule has 0 aliphatic carbocycles. The van der Waals surface area contributed by atoms with E-state index in [1.54, 1.807) is 30.2 Å². The molecule has 0 N–H and O–H groups in total. The van der Waals surface area contributed by atoms with Crippen LogP contribution >= 0.6 is 11.8 Å². The molecular formula is C22H23FN2O3S. The number of methoxy groups -OCH3 is 1. The van der Waals surface area contributed by atoms with Gasteiger partial charge in [-0.15, -0.1) is 0 Å². The van der Waals surface area contributed by atoms with E-state index in [2.05, 4.69) is 4.99 Å². The minimum Gasteiger partial charge on any atom is -0.493 e. The molecule has 1 aliphatic rings. The topological polar surface area (TPSA) is 51.1 Å². The first kappa shape index (κ1) is 20.9. The van der Waals surface area contributed by atoms with E-state index in [-0.39, 0.29) is 18.3 Å². The molecule has 3 rings (SSSR count). The van der Waals surface area contributed by atoms with Gasteiger partial charge in [0.1, 0.15) is 12.4 Å². The van der Waals surface area contributed by atoms with Crippen molar-refractivity contribution in [3.05, 3.63) is 64.3 Å². The molecule has 0 bridgehead atoms. The van der Waals surface area contributed by atoms with Crippen molar-refractivity contribution < 1.29 is 18.7 Å². The average Bonchev–Trinajstić information content (AvgIpc) is 3.01. The molecule has 1 aliphatic heterocycles. The Labute approximate surface area is 174 Å². The molecule has 152 valence electrons. The molecule has 1 fully saturated rings. The fraction of sp³-hybridized carbons (Fsp3) is 0.273. The van der Waals surface area contributed by atoms with Gasteiger partial charge in [0.2, 0.25) is 0 Å². The van der Waals surface area contributed by atoms with Gasteiger partial charge in [-0.25, -0.2) is 4.39 Å². The second kappa shape index (κ2) is 9.60. The number of amides is 1. The van der Waals surface area contributed by atoms with Crippen molar-refractivity contribution in [3.8, 4) is 11.5 Å². The molecule has 0 spiro atoms. The SMILES string of the molecule is CCN=C1S/C(=C\c2ccc(OCc3cccc(F)c3)c(OC)c2)C(=O)N1CC. The van der Waals surface area contributed by atoms with Crippen LogP contribution in [0.2, 0.25) is 0 Å². The molecule has 7 heteroatoms. The van der Waals surface area contributed by atoms with Gasteiger partial charge in [-0.1, -0.05) is 18.2 Å². The molecule has 0 unspecified atom stereocenters. The van der Waals surface area contributed by atoms with Crippen molar-refractivity contribution in [3.63, 3.8) is 0 Å². The lowest BCUT2D eigenvalue weighted by atomic mass is 10.1. The molecule has 0 radical (unpaired) electrons. The van der Waals surface area contributed by atoms with E-state index in [0.29, 0.717) is 29.5 Å². The molecule has 0 atom stereocenters. The fourth-order valence-corrected chi connectivity index (χ4v) is 3.98. The van der Waals surface area contributed by atoms with Crippen LogP contribution in [-0.2, 0) is 11.4 Å². The number of aliphatic imine (C=N–C) groups is 1. The number of halogens is 1. The molecule has 1 amide bonds. The van der Waals surface area contributed by atoms with Crippen LogP contribution in [0.25, 0.3) is 6.08 Å². The van der Waals surface area contributed by atoms with Crippen LogP contribution in [0.4, 0.5) is 4.39 Å². The van der Waals surface area contributed by atoms with Gasteiger partial charge < -0.3 is 9.47 Å². The van der Waals surface area contributed by atoms with Gasteiger partial charge in [-0.2, -0.15) is 0 Å². The van der Waals surface area contributed by atoms with Crippen molar-refractivity contribution in [1.29, 1.82) is 0 Å². The Morgan fingerprint density at radius 3 is 2.69 bits per heavy atom. The summed E-state index contributed by atoms with van der Waals surface area (Å²) < 4.78 is 24.5. The lowest BCUT2D eigenvalue weighted by molar-refractivity contribution is -0.122. The predicted octanol–water partition coefficient (Wildman–Crippen LogP) is 4.73. The van der Waals surface area contributed by atoms with Crippen molar-refractivity contribution >= 4 is 28.9 Å². The van der Waals surface area contributed by atoms with Gasteiger partial charge in [0.15, 0.2) is 16.7 Å². The quantitative estimate of drug-likeness (QED) is 0.615. The van der Waals surface area contributed by atoms with Crippen LogP contribution in [0, 0.1) is 5.82 Å². The van der Waals surface area contributed by atoms with E-state index < -0.39 is 0 Å². The summed E-state index contributed by atoms with van der Waals surface area (Å²) in [6.45, 7) is 5.31. The monoisotopic (exact) mass is 414 g/mol. The molecule has 2 aromatic rings. The molecule has 2 aromatic carbocycles. The highest BCUT2D eigenvalue weighted by molar-refractivity contribution is 8.18. The number of likely N-dealkylation sites (N-methyl/N-ethyl adjacent to an activating group) is 1. The lowest BCUT2D eigenvalue weighted by Crippen LogP contribution is -2.28. The van der Waals surface area contributed by atoms with E-state index in [4.69, 9.17) is 9.47 Å². The first-order valence-electron chi connectivity index (χ1n) is 9.36. The van der Waals surface area contributed by atoms with Crippen molar-refractivity contribution in [2.75, 3.05) is 20.2 Å². The minimum absolute atomic E-state index is 0.0462. The minimum atomic E-state index is -0.300. The van der Waals surface area contributed by atoms with Gasteiger partial charge in [0, 0.05) is 13.1 Å². The maximum Gasteiger partial charge on any atom is 0.266 e. The van der Waals surface area contributed by atoms with Crippen molar-refractivity contribution in [2.24, 2.45) is 4.99 Å². The van der Waals surface area contributed by atoms with Crippen LogP contribution in [0.5, 0.6) is 11.5 Å². The Kier molecular flexibility index (Phi) is 6.93. The summed E-state index contributed by atoms with van der Waals surface area (Å²) in [5, 5.41) is 0.730. The summed E-state index contributed by atoms with van der Waals surface area (Å²) in [6.07, 6.45) is 1.83. The number of carbonyl (C=O) groups excluding carboxylic acids is 1. The average molecular weight is 415 g/mol. The molecule has 1 heterocycles. The van der Waals surface area contributed by atoms with E-state index in [1.165, 1.54) is 23.9 Å². The number of nitrogens with zero attached hydrogens (tertiary/aromatic N) is 2. The molecule has 5 nitrogen and oxygen atoms in total. The number of ether oxygens (including phenoxy) is 2. The summed E-state index contributed by atoms with van der Waals surface area (Å²) in [7, 11) is 1.56. The van der Waals surface area contributed by atoms with Crippen LogP contribution in [0.1, 0.15) is 25.0 Å². The summed E-state index contributed by atoms with van der Waals surface area (Å²) in [5.41, 5.74) is 1.55. The first-order chi connectivity index (χ1) is 14.0. The Bertz CT molecular complexity index is 959. The summed E-state index contributed by atoms with van der Waals surface area (Å²) in [5.74, 6) is 0.745. The van der Waals surface area contributed by atoms with Gasteiger partial charge in [0.05, 0.1) is 12.0 Å². The number of amidine groups is 1. The van der Waals surface area contributed by atoms with Crippen LogP contribution < -0.4 is 9.47 Å². The summed E-state index contributed by atoms with van der Waals surface area (Å²) in [6, 6.07) is 11.7.